The van der Waals surface area contributed by atoms with E-state index in [0.29, 0.717) is 18.0 Å². The molecule has 164 valence electrons. The summed E-state index contributed by atoms with van der Waals surface area (Å²) in [6.45, 7) is 0.305. The van der Waals surface area contributed by atoms with Gasteiger partial charge in [-0.2, -0.15) is 0 Å². The lowest BCUT2D eigenvalue weighted by atomic mass is 10.2. The summed E-state index contributed by atoms with van der Waals surface area (Å²) in [4.78, 5) is 16.0. The molecule has 2 aromatic carbocycles. The SMILES string of the molecule is COc1cccc(N(Cc2cccs2)C(=O)c2ccc(S(=O)(=O)c3ccc(Br)cc3)o2)c1. The van der Waals surface area contributed by atoms with Crippen LogP contribution in [0.4, 0.5) is 5.69 Å². The first-order valence-corrected chi connectivity index (χ1v) is 12.6. The van der Waals surface area contributed by atoms with Crippen molar-refractivity contribution in [2.24, 2.45) is 0 Å². The molecule has 32 heavy (non-hydrogen) atoms. The fraction of sp³-hybridized carbons (Fsp3) is 0.0870. The van der Waals surface area contributed by atoms with Crippen LogP contribution in [0.3, 0.4) is 0 Å². The second-order valence-corrected chi connectivity index (χ2v) is 10.6. The van der Waals surface area contributed by atoms with Crippen LogP contribution in [0.5, 0.6) is 5.75 Å². The molecule has 0 bridgehead atoms. The van der Waals surface area contributed by atoms with Crippen molar-refractivity contribution in [3.8, 4) is 5.75 Å². The van der Waals surface area contributed by atoms with Gasteiger partial charge < -0.3 is 14.1 Å². The first-order chi connectivity index (χ1) is 15.4. The average Bonchev–Trinajstić information content (AvgIpc) is 3.50. The predicted molar refractivity (Wildman–Crippen MR) is 126 cm³/mol. The maximum absolute atomic E-state index is 13.4. The highest BCUT2D eigenvalue weighted by Crippen LogP contribution is 2.28. The van der Waals surface area contributed by atoms with Gasteiger partial charge in [0.15, 0.2) is 5.76 Å². The molecular weight excluding hydrogens is 514 g/mol. The minimum absolute atomic E-state index is 0.0694. The van der Waals surface area contributed by atoms with Crippen LogP contribution >= 0.6 is 27.3 Å². The molecule has 0 saturated heterocycles. The van der Waals surface area contributed by atoms with Gasteiger partial charge in [-0.3, -0.25) is 4.79 Å². The second-order valence-electron chi connectivity index (χ2n) is 6.75. The average molecular weight is 532 g/mol. The summed E-state index contributed by atoms with van der Waals surface area (Å²) < 4.78 is 37.4. The zero-order valence-electron chi connectivity index (χ0n) is 16.9. The van der Waals surface area contributed by atoms with Crippen molar-refractivity contribution in [2.45, 2.75) is 16.5 Å². The number of methoxy groups -OCH3 is 1. The van der Waals surface area contributed by atoms with Crippen molar-refractivity contribution in [3.63, 3.8) is 0 Å². The summed E-state index contributed by atoms with van der Waals surface area (Å²) >= 11 is 4.81. The number of benzene rings is 2. The van der Waals surface area contributed by atoms with Crippen molar-refractivity contribution in [3.05, 3.63) is 93.3 Å². The van der Waals surface area contributed by atoms with Gasteiger partial charge >= 0.3 is 0 Å². The molecule has 0 radical (unpaired) electrons. The predicted octanol–water partition coefficient (Wildman–Crippen LogP) is 5.79. The number of nitrogens with zero attached hydrogens (tertiary/aromatic N) is 1. The Morgan fingerprint density at radius 1 is 1.06 bits per heavy atom. The highest BCUT2D eigenvalue weighted by molar-refractivity contribution is 9.10. The zero-order chi connectivity index (χ0) is 22.7. The Morgan fingerprint density at radius 3 is 2.53 bits per heavy atom. The lowest BCUT2D eigenvalue weighted by molar-refractivity contribution is 0.0953. The fourth-order valence-electron chi connectivity index (χ4n) is 3.06. The third-order valence-corrected chi connectivity index (χ3v) is 7.72. The molecule has 2 heterocycles. The van der Waals surface area contributed by atoms with Gasteiger partial charge in [-0.05, 0) is 60.0 Å². The Labute approximate surface area is 198 Å². The molecule has 0 aliphatic heterocycles. The Morgan fingerprint density at radius 2 is 1.84 bits per heavy atom. The summed E-state index contributed by atoms with van der Waals surface area (Å²) in [6.07, 6.45) is 0. The van der Waals surface area contributed by atoms with E-state index in [1.54, 1.807) is 43.5 Å². The summed E-state index contributed by atoms with van der Waals surface area (Å²) in [5, 5.41) is 1.64. The normalized spacial score (nSPS) is 11.3. The lowest BCUT2D eigenvalue weighted by Crippen LogP contribution is -2.29. The first-order valence-electron chi connectivity index (χ1n) is 9.47. The molecule has 1 amide bonds. The molecule has 0 aliphatic carbocycles. The van der Waals surface area contributed by atoms with Crippen LogP contribution in [0.2, 0.25) is 0 Å². The topological polar surface area (TPSA) is 76.8 Å². The van der Waals surface area contributed by atoms with E-state index in [2.05, 4.69) is 15.9 Å². The smallest absolute Gasteiger partial charge is 0.294 e. The van der Waals surface area contributed by atoms with E-state index < -0.39 is 15.7 Å². The Kier molecular flexibility index (Phi) is 6.50. The zero-order valence-corrected chi connectivity index (χ0v) is 20.1. The second kappa shape index (κ2) is 9.32. The number of carbonyl (C=O) groups excluding carboxylic acids is 1. The molecular formula is C23H18BrNO5S2. The van der Waals surface area contributed by atoms with Crippen LogP contribution in [-0.2, 0) is 16.4 Å². The molecule has 0 saturated carbocycles. The largest absolute Gasteiger partial charge is 0.497 e. The lowest BCUT2D eigenvalue weighted by Gasteiger charge is -2.21. The quantitative estimate of drug-likeness (QED) is 0.301. The van der Waals surface area contributed by atoms with Gasteiger partial charge in [-0.1, -0.05) is 28.1 Å². The molecule has 6 nitrogen and oxygen atoms in total. The Balaban J connectivity index is 1.68. The van der Waals surface area contributed by atoms with Gasteiger partial charge in [0.05, 0.1) is 18.6 Å². The number of carbonyl (C=O) groups is 1. The van der Waals surface area contributed by atoms with Crippen LogP contribution in [-0.4, -0.2) is 21.4 Å². The molecule has 2 aromatic heterocycles. The van der Waals surface area contributed by atoms with Crippen LogP contribution in [0, 0.1) is 0 Å². The number of hydrogen-bond acceptors (Lipinski definition) is 6. The third kappa shape index (κ3) is 4.64. The van der Waals surface area contributed by atoms with E-state index in [1.165, 1.54) is 40.5 Å². The number of hydrogen-bond donors (Lipinski definition) is 0. The molecule has 0 spiro atoms. The molecule has 0 fully saturated rings. The van der Waals surface area contributed by atoms with E-state index >= 15 is 0 Å². The number of furan rings is 1. The Bertz CT molecular complexity index is 1330. The maximum atomic E-state index is 13.4. The summed E-state index contributed by atoms with van der Waals surface area (Å²) in [5.74, 6) is 0.0772. The van der Waals surface area contributed by atoms with Gasteiger partial charge in [0.25, 0.3) is 5.91 Å². The van der Waals surface area contributed by atoms with Gasteiger partial charge in [0.2, 0.25) is 14.9 Å². The van der Waals surface area contributed by atoms with E-state index in [9.17, 15) is 13.2 Å². The maximum Gasteiger partial charge on any atom is 0.294 e. The fourth-order valence-corrected chi connectivity index (χ4v) is 5.19. The molecule has 0 unspecified atom stereocenters. The van der Waals surface area contributed by atoms with Crippen LogP contribution in [0.25, 0.3) is 0 Å². The Hall–Kier alpha value is -2.88. The van der Waals surface area contributed by atoms with Crippen molar-refractivity contribution < 1.29 is 22.4 Å². The number of amides is 1. The number of halogens is 1. The minimum atomic E-state index is -3.90. The number of anilines is 1. The van der Waals surface area contributed by atoms with Crippen molar-refractivity contribution in [1.82, 2.24) is 0 Å². The molecule has 4 aromatic rings. The van der Waals surface area contributed by atoms with Crippen LogP contribution in [0.15, 0.2) is 97.1 Å². The van der Waals surface area contributed by atoms with Crippen LogP contribution < -0.4 is 9.64 Å². The number of rotatable bonds is 7. The van der Waals surface area contributed by atoms with Crippen LogP contribution in [0.1, 0.15) is 15.4 Å². The summed E-state index contributed by atoms with van der Waals surface area (Å²) in [6, 6.07) is 19.8. The molecule has 0 N–H and O–H groups in total. The van der Waals surface area contributed by atoms with Gasteiger partial charge in [-0.25, -0.2) is 8.42 Å². The monoisotopic (exact) mass is 531 g/mol. The third-order valence-electron chi connectivity index (χ3n) is 4.69. The van der Waals surface area contributed by atoms with Crippen molar-refractivity contribution in [2.75, 3.05) is 12.0 Å². The molecule has 4 rings (SSSR count). The number of sulfone groups is 1. The van der Waals surface area contributed by atoms with Gasteiger partial charge in [0.1, 0.15) is 5.75 Å². The van der Waals surface area contributed by atoms with Gasteiger partial charge in [0, 0.05) is 21.1 Å². The minimum Gasteiger partial charge on any atom is -0.497 e. The highest BCUT2D eigenvalue weighted by Gasteiger charge is 2.27. The summed E-state index contributed by atoms with van der Waals surface area (Å²) in [5.41, 5.74) is 0.608. The van der Waals surface area contributed by atoms with E-state index in [-0.39, 0.29) is 15.7 Å². The highest BCUT2D eigenvalue weighted by atomic mass is 79.9. The number of thiophene rings is 1. The standard InChI is InChI=1S/C23H18BrNO5S2/c1-29-18-5-2-4-17(14-18)25(15-19-6-3-13-31-19)23(26)21-11-12-22(30-21)32(27,28)20-9-7-16(24)8-10-20/h2-14H,15H2,1H3. The molecule has 0 atom stereocenters. The van der Waals surface area contributed by atoms with Gasteiger partial charge in [-0.15, -0.1) is 11.3 Å². The van der Waals surface area contributed by atoms with E-state index in [4.69, 9.17) is 9.15 Å². The first kappa shape index (κ1) is 22.3. The number of ether oxygens (including phenoxy) is 1. The van der Waals surface area contributed by atoms with E-state index in [1.807, 2.05) is 17.5 Å². The van der Waals surface area contributed by atoms with E-state index in [0.717, 1.165) is 9.35 Å². The summed E-state index contributed by atoms with van der Waals surface area (Å²) in [7, 11) is -2.34. The molecule has 0 aliphatic rings. The van der Waals surface area contributed by atoms with Crippen molar-refractivity contribution in [1.29, 1.82) is 0 Å². The molecule has 9 heteroatoms. The van der Waals surface area contributed by atoms with Crippen molar-refractivity contribution >= 4 is 48.7 Å².